The van der Waals surface area contributed by atoms with Crippen molar-refractivity contribution in [1.29, 1.82) is 0 Å². The van der Waals surface area contributed by atoms with Gasteiger partial charge in [0.05, 0.1) is 31.1 Å². The van der Waals surface area contributed by atoms with Crippen LogP contribution in [-0.4, -0.2) is 73.3 Å². The van der Waals surface area contributed by atoms with E-state index in [1.165, 1.54) is 0 Å². The molecule has 0 saturated carbocycles. The quantitative estimate of drug-likeness (QED) is 0.327. The summed E-state index contributed by atoms with van der Waals surface area (Å²) >= 11 is 6.24. The predicted molar refractivity (Wildman–Crippen MR) is 129 cm³/mol. The number of amides is 1. The van der Waals surface area contributed by atoms with E-state index < -0.39 is 5.91 Å². The number of hydrogen-bond donors (Lipinski definition) is 2. The van der Waals surface area contributed by atoms with Gasteiger partial charge in [0.1, 0.15) is 12.4 Å². The van der Waals surface area contributed by atoms with Crippen LogP contribution >= 0.6 is 11.6 Å². The fourth-order valence-corrected chi connectivity index (χ4v) is 4.30. The molecule has 0 spiro atoms. The Morgan fingerprint density at radius 1 is 1.21 bits per heavy atom. The van der Waals surface area contributed by atoms with Gasteiger partial charge in [0.25, 0.3) is 0 Å². The van der Waals surface area contributed by atoms with E-state index in [0.29, 0.717) is 24.4 Å². The van der Waals surface area contributed by atoms with E-state index >= 15 is 0 Å². The van der Waals surface area contributed by atoms with Gasteiger partial charge in [-0.25, -0.2) is 9.97 Å². The summed E-state index contributed by atoms with van der Waals surface area (Å²) in [6, 6.07) is 5.79. The summed E-state index contributed by atoms with van der Waals surface area (Å²) in [6.07, 6.45) is 1.58. The van der Waals surface area contributed by atoms with Gasteiger partial charge in [0, 0.05) is 37.9 Å². The Morgan fingerprint density at radius 3 is 2.79 bits per heavy atom. The minimum Gasteiger partial charge on any atom is -0.489 e. The number of aryl methyl sites for hydroxylation is 1. The number of carbonyl (C=O) groups excluding carboxylic acids is 1. The number of nitrogens with two attached hydrogens (primary N) is 1. The molecule has 3 N–H and O–H groups in total. The number of aromatic nitrogens is 2. The number of halogens is 1. The van der Waals surface area contributed by atoms with Gasteiger partial charge < -0.3 is 25.5 Å². The fraction of sp³-hybridized carbons (Fsp3) is 0.500. The normalized spacial score (nSPS) is 16.4. The summed E-state index contributed by atoms with van der Waals surface area (Å²) in [5.74, 6) is 5.29. The molecule has 0 aliphatic carbocycles. The highest BCUT2D eigenvalue weighted by molar-refractivity contribution is 6.30. The maximum Gasteiger partial charge on any atom is 0.319 e. The molecule has 2 aliphatic heterocycles. The van der Waals surface area contributed by atoms with Gasteiger partial charge >= 0.3 is 5.91 Å². The number of hydrogen-bond acceptors (Lipinski definition) is 9. The Kier molecular flexibility index (Phi) is 8.09. The Labute approximate surface area is 203 Å². The molecule has 34 heavy (non-hydrogen) atoms. The van der Waals surface area contributed by atoms with Crippen LogP contribution in [0.5, 0.6) is 5.75 Å². The lowest BCUT2D eigenvalue weighted by Crippen LogP contribution is -2.39. The van der Waals surface area contributed by atoms with Gasteiger partial charge in [-0.05, 0) is 25.0 Å². The molecule has 4 rings (SSSR count). The molecule has 1 aromatic heterocycles. The topological polar surface area (TPSA) is 131 Å². The molecule has 11 nitrogen and oxygen atoms in total. The van der Waals surface area contributed by atoms with Crippen molar-refractivity contribution in [3.63, 3.8) is 0 Å². The monoisotopic (exact) mass is 488 g/mol. The van der Waals surface area contributed by atoms with Gasteiger partial charge in [0.2, 0.25) is 0 Å². The molecule has 3 heterocycles. The molecule has 0 bridgehead atoms. The van der Waals surface area contributed by atoms with Crippen LogP contribution in [0.3, 0.4) is 0 Å². The first-order valence-corrected chi connectivity index (χ1v) is 11.8. The predicted octanol–water partition coefficient (Wildman–Crippen LogP) is 2.82. The van der Waals surface area contributed by atoms with Gasteiger partial charge in [-0.1, -0.05) is 28.9 Å². The summed E-state index contributed by atoms with van der Waals surface area (Å²) in [6.45, 7) is 8.94. The molecule has 0 atom stereocenters. The highest BCUT2D eigenvalue weighted by Crippen LogP contribution is 2.35. The summed E-state index contributed by atoms with van der Waals surface area (Å²) in [4.78, 5) is 25.8. The fourth-order valence-electron chi connectivity index (χ4n) is 4.04. The number of anilines is 3. The number of rotatable bonds is 8. The second-order valence-electron chi connectivity index (χ2n) is 7.98. The van der Waals surface area contributed by atoms with Crippen molar-refractivity contribution in [2.24, 2.45) is 16.2 Å². The maximum absolute atomic E-state index is 12.4. The minimum atomic E-state index is -0.704. The third-order valence-electron chi connectivity index (χ3n) is 5.79. The largest absolute Gasteiger partial charge is 0.489 e. The first-order valence-electron chi connectivity index (χ1n) is 11.4. The van der Waals surface area contributed by atoms with E-state index in [1.807, 2.05) is 25.1 Å². The number of morpholine rings is 1. The molecular weight excluding hydrogens is 460 g/mol. The van der Waals surface area contributed by atoms with Crippen LogP contribution in [0.15, 0.2) is 28.5 Å². The van der Waals surface area contributed by atoms with Gasteiger partial charge in [0.15, 0.2) is 16.7 Å². The number of fused-ring (bicyclic) bond motifs is 1. The molecule has 12 heteroatoms. The van der Waals surface area contributed by atoms with E-state index in [1.54, 1.807) is 0 Å². The van der Waals surface area contributed by atoms with Crippen molar-refractivity contribution in [3.05, 3.63) is 34.7 Å². The lowest BCUT2D eigenvalue weighted by Gasteiger charge is -2.33. The van der Waals surface area contributed by atoms with Crippen LogP contribution in [-0.2, 0) is 11.2 Å². The van der Waals surface area contributed by atoms with E-state index in [0.717, 1.165) is 63.8 Å². The third-order valence-corrected chi connectivity index (χ3v) is 6.10. The molecule has 2 aliphatic rings. The highest BCUT2D eigenvalue weighted by atomic mass is 35.5. The second kappa shape index (κ2) is 11.4. The van der Waals surface area contributed by atoms with E-state index in [2.05, 4.69) is 35.4 Å². The van der Waals surface area contributed by atoms with Crippen molar-refractivity contribution in [3.8, 4) is 5.75 Å². The van der Waals surface area contributed by atoms with Crippen LogP contribution in [0.4, 0.5) is 17.2 Å². The van der Waals surface area contributed by atoms with E-state index in [4.69, 9.17) is 26.9 Å². The van der Waals surface area contributed by atoms with Crippen LogP contribution in [0.25, 0.3) is 0 Å². The molecule has 1 amide bonds. The maximum atomic E-state index is 12.4. The summed E-state index contributed by atoms with van der Waals surface area (Å²) in [5.41, 5.74) is 2.21. The zero-order valence-corrected chi connectivity index (χ0v) is 19.9. The van der Waals surface area contributed by atoms with Crippen molar-refractivity contribution < 1.29 is 14.3 Å². The number of ether oxygens (including phenoxy) is 2. The lowest BCUT2D eigenvalue weighted by atomic mass is 10.2. The number of nitrogens with one attached hydrogen (secondary N) is 1. The molecule has 0 radical (unpaired) electrons. The van der Waals surface area contributed by atoms with Gasteiger partial charge in [-0.2, -0.15) is 0 Å². The van der Waals surface area contributed by atoms with Crippen LogP contribution < -0.4 is 20.8 Å². The highest BCUT2D eigenvalue weighted by Gasteiger charge is 2.22. The van der Waals surface area contributed by atoms with Crippen LogP contribution in [0, 0.1) is 0 Å². The molecule has 2 aromatic rings. The average molecular weight is 489 g/mol. The van der Waals surface area contributed by atoms with Crippen molar-refractivity contribution in [2.45, 2.75) is 19.8 Å². The Balaban J connectivity index is 1.48. The molecule has 0 unspecified atom stereocenters. The zero-order valence-electron chi connectivity index (χ0n) is 19.2. The molecule has 1 aromatic carbocycles. The molecule has 1 fully saturated rings. The first-order chi connectivity index (χ1) is 16.6. The molecular formula is C22H29ClN8O3. The molecule has 182 valence electrons. The van der Waals surface area contributed by atoms with E-state index in [-0.39, 0.29) is 16.7 Å². The SMILES string of the molecule is CCc1nc(C(=O)N=NN)c(Nc2ccc3c(c2)OCCN3CCCN2CCOCC2)nc1Cl. The Bertz CT molecular complexity index is 1050. The van der Waals surface area contributed by atoms with Crippen LogP contribution in [0.2, 0.25) is 5.15 Å². The third kappa shape index (κ3) is 5.72. The summed E-state index contributed by atoms with van der Waals surface area (Å²) < 4.78 is 11.3. The summed E-state index contributed by atoms with van der Waals surface area (Å²) in [7, 11) is 0. The Morgan fingerprint density at radius 2 is 2.03 bits per heavy atom. The van der Waals surface area contributed by atoms with Crippen molar-refractivity contribution in [2.75, 3.05) is 62.8 Å². The van der Waals surface area contributed by atoms with Crippen molar-refractivity contribution >= 4 is 34.7 Å². The minimum absolute atomic E-state index is 0.00108. The number of benzene rings is 1. The van der Waals surface area contributed by atoms with Crippen molar-refractivity contribution in [1.82, 2.24) is 14.9 Å². The van der Waals surface area contributed by atoms with E-state index in [9.17, 15) is 4.79 Å². The average Bonchev–Trinajstić information content (AvgIpc) is 2.85. The molecule has 1 saturated heterocycles. The Hall–Kier alpha value is -3.02. The van der Waals surface area contributed by atoms with Crippen LogP contribution in [0.1, 0.15) is 29.5 Å². The second-order valence-corrected chi connectivity index (χ2v) is 8.34. The zero-order chi connectivity index (χ0) is 23.9. The smallest absolute Gasteiger partial charge is 0.319 e. The number of nitrogens with zero attached hydrogens (tertiary/aromatic N) is 6. The standard InChI is InChI=1S/C22H29ClN8O3/c1-2-16-20(23)27-21(19(26-16)22(32)28-29-24)25-15-4-5-17-18(14-15)34-13-10-31(17)7-3-6-30-8-11-33-12-9-30/h4-5,14H,2-3,6-13H2,1H3,(H,25,27)(H2,24,28,32). The summed E-state index contributed by atoms with van der Waals surface area (Å²) in [5, 5.41) is 9.78. The number of carbonyl (C=O) groups is 1. The lowest BCUT2D eigenvalue weighted by molar-refractivity contribution is 0.0376. The van der Waals surface area contributed by atoms with Gasteiger partial charge in [-0.3, -0.25) is 9.69 Å². The first kappa shape index (κ1) is 24.1. The van der Waals surface area contributed by atoms with Gasteiger partial charge in [-0.15, -0.1) is 0 Å².